The molecule has 0 saturated carbocycles. The first kappa shape index (κ1) is 15.6. The smallest absolute Gasteiger partial charge is 0.240 e. The third kappa shape index (κ3) is 3.84. The molecule has 0 amide bonds. The molecule has 0 aliphatic heterocycles. The fourth-order valence-corrected chi connectivity index (χ4v) is 3.01. The number of methoxy groups -OCH3 is 1. The average Bonchev–Trinajstić information content (AvgIpc) is 2.99. The molecule has 2 aromatic rings. The molecule has 21 heavy (non-hydrogen) atoms. The van der Waals surface area contributed by atoms with Gasteiger partial charge in [-0.25, -0.2) is 13.1 Å². The highest BCUT2D eigenvalue weighted by Gasteiger charge is 2.15. The molecule has 3 N–H and O–H groups in total. The summed E-state index contributed by atoms with van der Waals surface area (Å²) in [5.41, 5.74) is 6.24. The van der Waals surface area contributed by atoms with E-state index in [0.717, 1.165) is 5.76 Å². The number of benzene rings is 1. The molecule has 2 rings (SSSR count). The van der Waals surface area contributed by atoms with E-state index < -0.39 is 10.0 Å². The molecule has 0 saturated heterocycles. The number of ether oxygens (including phenoxy) is 1. The number of hydrogen-bond acceptors (Lipinski definition) is 5. The monoisotopic (exact) mass is 310 g/mol. The van der Waals surface area contributed by atoms with Crippen molar-refractivity contribution in [3.8, 4) is 5.75 Å². The zero-order valence-electron chi connectivity index (χ0n) is 11.7. The lowest BCUT2D eigenvalue weighted by molar-refractivity contribution is 0.409. The molecule has 0 aliphatic rings. The number of rotatable bonds is 7. The number of nitrogens with two attached hydrogens (primary N) is 1. The summed E-state index contributed by atoms with van der Waals surface area (Å²) in [6.45, 7) is 0.471. The van der Waals surface area contributed by atoms with Crippen LogP contribution in [0, 0.1) is 0 Å². The zero-order chi connectivity index (χ0) is 15.3. The second-order valence-corrected chi connectivity index (χ2v) is 6.17. The number of furan rings is 1. The fraction of sp³-hybridized carbons (Fsp3) is 0.286. The highest BCUT2D eigenvalue weighted by molar-refractivity contribution is 7.89. The standard InChI is InChI=1S/C14H18N2O4S/c1-19-14-5-4-13(9-11(14)10-15)21(17,18)16-7-6-12-3-2-8-20-12/h2-5,8-9,16H,6-7,10,15H2,1H3. The molecule has 1 aromatic heterocycles. The van der Waals surface area contributed by atoms with Gasteiger partial charge < -0.3 is 14.9 Å². The molecule has 0 atom stereocenters. The van der Waals surface area contributed by atoms with Crippen LogP contribution in [0.15, 0.2) is 45.9 Å². The van der Waals surface area contributed by atoms with Gasteiger partial charge >= 0.3 is 0 Å². The number of hydrogen-bond donors (Lipinski definition) is 2. The van der Waals surface area contributed by atoms with Gasteiger partial charge in [-0.3, -0.25) is 0 Å². The maximum Gasteiger partial charge on any atom is 0.240 e. The number of sulfonamides is 1. The zero-order valence-corrected chi connectivity index (χ0v) is 12.5. The third-order valence-electron chi connectivity index (χ3n) is 3.03. The molecule has 0 aliphatic carbocycles. The fourth-order valence-electron chi connectivity index (χ4n) is 1.93. The predicted molar refractivity (Wildman–Crippen MR) is 78.5 cm³/mol. The Balaban J connectivity index is 2.08. The highest BCUT2D eigenvalue weighted by Crippen LogP contribution is 2.21. The topological polar surface area (TPSA) is 94.6 Å². The van der Waals surface area contributed by atoms with E-state index in [2.05, 4.69) is 4.72 Å². The predicted octanol–water partition coefficient (Wildman–Crippen LogP) is 1.27. The van der Waals surface area contributed by atoms with Crippen LogP contribution in [0.3, 0.4) is 0 Å². The lowest BCUT2D eigenvalue weighted by atomic mass is 10.2. The van der Waals surface area contributed by atoms with Crippen LogP contribution in [0.4, 0.5) is 0 Å². The lowest BCUT2D eigenvalue weighted by Crippen LogP contribution is -2.26. The summed E-state index contributed by atoms with van der Waals surface area (Å²) in [6, 6.07) is 8.18. The van der Waals surface area contributed by atoms with E-state index >= 15 is 0 Å². The highest BCUT2D eigenvalue weighted by atomic mass is 32.2. The van der Waals surface area contributed by atoms with Gasteiger partial charge in [0.2, 0.25) is 10.0 Å². The molecule has 0 spiro atoms. The van der Waals surface area contributed by atoms with E-state index in [1.807, 2.05) is 0 Å². The van der Waals surface area contributed by atoms with E-state index in [-0.39, 0.29) is 18.0 Å². The summed E-state index contributed by atoms with van der Waals surface area (Å²) in [6.07, 6.45) is 2.05. The minimum absolute atomic E-state index is 0.170. The molecule has 0 fully saturated rings. The van der Waals surface area contributed by atoms with E-state index in [1.165, 1.54) is 19.2 Å². The summed E-state index contributed by atoms with van der Waals surface area (Å²) in [4.78, 5) is 0.170. The quantitative estimate of drug-likeness (QED) is 0.803. The molecule has 0 bridgehead atoms. The second kappa shape index (κ2) is 6.75. The van der Waals surface area contributed by atoms with Gasteiger partial charge in [-0.05, 0) is 30.3 Å². The van der Waals surface area contributed by atoms with Crippen molar-refractivity contribution in [1.29, 1.82) is 0 Å². The third-order valence-corrected chi connectivity index (χ3v) is 4.48. The van der Waals surface area contributed by atoms with Crippen LogP contribution in [0.5, 0.6) is 5.75 Å². The van der Waals surface area contributed by atoms with Gasteiger partial charge in [0.15, 0.2) is 0 Å². The molecular weight excluding hydrogens is 292 g/mol. The van der Waals surface area contributed by atoms with E-state index in [0.29, 0.717) is 17.7 Å². The van der Waals surface area contributed by atoms with Gasteiger partial charge in [-0.1, -0.05) is 0 Å². The Morgan fingerprint density at radius 2 is 2.14 bits per heavy atom. The van der Waals surface area contributed by atoms with E-state index in [9.17, 15) is 8.42 Å². The van der Waals surface area contributed by atoms with Gasteiger partial charge in [0, 0.05) is 25.1 Å². The molecule has 6 nitrogen and oxygen atoms in total. The van der Waals surface area contributed by atoms with Crippen molar-refractivity contribution >= 4 is 10.0 Å². The molecule has 1 heterocycles. The number of nitrogens with one attached hydrogen (secondary N) is 1. The summed E-state index contributed by atoms with van der Waals surface area (Å²) in [7, 11) is -2.06. The first-order valence-corrected chi connectivity index (χ1v) is 7.94. The van der Waals surface area contributed by atoms with Gasteiger partial charge in [0.05, 0.1) is 18.3 Å². The second-order valence-electron chi connectivity index (χ2n) is 4.40. The minimum atomic E-state index is -3.57. The summed E-state index contributed by atoms with van der Waals surface area (Å²) < 4.78 is 37.2. The van der Waals surface area contributed by atoms with Crippen LogP contribution in [-0.4, -0.2) is 22.1 Å². The van der Waals surface area contributed by atoms with Crippen LogP contribution in [-0.2, 0) is 23.0 Å². The summed E-state index contributed by atoms with van der Waals surface area (Å²) >= 11 is 0. The minimum Gasteiger partial charge on any atom is -0.496 e. The van der Waals surface area contributed by atoms with Crippen molar-refractivity contribution in [1.82, 2.24) is 4.72 Å². The Morgan fingerprint density at radius 3 is 2.76 bits per heavy atom. The Labute approximate surface area is 124 Å². The van der Waals surface area contributed by atoms with Crippen molar-refractivity contribution in [3.63, 3.8) is 0 Å². The van der Waals surface area contributed by atoms with Crippen molar-refractivity contribution in [3.05, 3.63) is 47.9 Å². The largest absolute Gasteiger partial charge is 0.496 e. The maximum atomic E-state index is 12.2. The van der Waals surface area contributed by atoms with Gasteiger partial charge in [-0.2, -0.15) is 0 Å². The van der Waals surface area contributed by atoms with Crippen LogP contribution in [0.1, 0.15) is 11.3 Å². The Morgan fingerprint density at radius 1 is 1.33 bits per heavy atom. The Hall–Kier alpha value is -1.83. The van der Waals surface area contributed by atoms with E-state index in [1.54, 1.807) is 24.5 Å². The van der Waals surface area contributed by atoms with Crippen LogP contribution in [0.2, 0.25) is 0 Å². The van der Waals surface area contributed by atoms with Gasteiger partial charge in [0.1, 0.15) is 11.5 Å². The normalized spacial score (nSPS) is 11.5. The first-order valence-electron chi connectivity index (χ1n) is 6.46. The SMILES string of the molecule is COc1ccc(S(=O)(=O)NCCc2ccco2)cc1CN. The van der Waals surface area contributed by atoms with Crippen LogP contribution >= 0.6 is 0 Å². The first-order chi connectivity index (χ1) is 10.1. The molecule has 0 radical (unpaired) electrons. The van der Waals surface area contributed by atoms with Crippen molar-refractivity contribution in [2.24, 2.45) is 5.73 Å². The van der Waals surface area contributed by atoms with Crippen molar-refractivity contribution in [2.45, 2.75) is 17.9 Å². The van der Waals surface area contributed by atoms with E-state index in [4.69, 9.17) is 14.9 Å². The van der Waals surface area contributed by atoms with Gasteiger partial charge in [0.25, 0.3) is 0 Å². The summed E-state index contributed by atoms with van der Waals surface area (Å²) in [5, 5.41) is 0. The lowest BCUT2D eigenvalue weighted by Gasteiger charge is -2.10. The Kier molecular flexibility index (Phi) is 5.00. The molecule has 1 aromatic carbocycles. The van der Waals surface area contributed by atoms with Crippen molar-refractivity contribution in [2.75, 3.05) is 13.7 Å². The average molecular weight is 310 g/mol. The van der Waals surface area contributed by atoms with Gasteiger partial charge in [-0.15, -0.1) is 0 Å². The molecular formula is C14H18N2O4S. The Bertz CT molecular complexity index is 681. The summed E-state index contributed by atoms with van der Waals surface area (Å²) in [5.74, 6) is 1.31. The molecule has 0 unspecified atom stereocenters. The maximum absolute atomic E-state index is 12.2. The molecule has 7 heteroatoms. The molecule has 114 valence electrons. The van der Waals surface area contributed by atoms with Crippen LogP contribution in [0.25, 0.3) is 0 Å². The van der Waals surface area contributed by atoms with Crippen LogP contribution < -0.4 is 15.2 Å². The van der Waals surface area contributed by atoms with Crippen molar-refractivity contribution < 1.29 is 17.6 Å².